The van der Waals surface area contributed by atoms with Crippen molar-refractivity contribution in [3.8, 4) is 0 Å². The minimum Gasteiger partial charge on any atom is -0.338 e. The smallest absolute Gasteiger partial charge is 0.228 e. The molecule has 0 spiro atoms. The van der Waals surface area contributed by atoms with E-state index in [1.165, 1.54) is 0 Å². The Morgan fingerprint density at radius 1 is 1.26 bits per heavy atom. The van der Waals surface area contributed by atoms with Crippen molar-refractivity contribution in [1.82, 2.24) is 15.1 Å². The van der Waals surface area contributed by atoms with Crippen LogP contribution in [0.5, 0.6) is 0 Å². The summed E-state index contributed by atoms with van der Waals surface area (Å²) in [4.78, 5) is 28.8. The molecule has 2 amide bonds. The lowest BCUT2D eigenvalue weighted by Gasteiger charge is -2.39. The van der Waals surface area contributed by atoms with E-state index in [0.717, 1.165) is 18.7 Å². The number of carbonyl (C=O) groups excluding carboxylic acids is 2. The quantitative estimate of drug-likeness (QED) is 0.913. The van der Waals surface area contributed by atoms with E-state index in [-0.39, 0.29) is 23.8 Å². The van der Waals surface area contributed by atoms with Crippen molar-refractivity contribution in [3.05, 3.63) is 35.9 Å². The van der Waals surface area contributed by atoms with Gasteiger partial charge in [-0.1, -0.05) is 30.3 Å². The van der Waals surface area contributed by atoms with Gasteiger partial charge in [0.1, 0.15) is 0 Å². The Hall–Kier alpha value is -1.88. The molecule has 5 heteroatoms. The molecule has 0 saturated carbocycles. The van der Waals surface area contributed by atoms with E-state index in [2.05, 4.69) is 19.2 Å². The summed E-state index contributed by atoms with van der Waals surface area (Å²) in [5, 5.41) is 3.39. The van der Waals surface area contributed by atoms with Gasteiger partial charge in [0, 0.05) is 44.7 Å². The van der Waals surface area contributed by atoms with Crippen LogP contribution in [0.15, 0.2) is 30.3 Å². The maximum Gasteiger partial charge on any atom is 0.228 e. The summed E-state index contributed by atoms with van der Waals surface area (Å²) in [6.45, 7) is 6.87. The van der Waals surface area contributed by atoms with E-state index < -0.39 is 0 Å². The minimum atomic E-state index is -0.195. The number of carbonyl (C=O) groups is 2. The van der Waals surface area contributed by atoms with Gasteiger partial charge in [-0.05, 0) is 19.4 Å². The molecule has 2 saturated heterocycles. The molecule has 0 bridgehead atoms. The normalized spacial score (nSPS) is 28.3. The van der Waals surface area contributed by atoms with Crippen LogP contribution in [-0.2, 0) is 16.1 Å². The standard InChI is InChI=1S/C18H25N3O2/c1-13-14(2)21(9-8-19-13)18(23)16-10-17(22)20(12-16)11-15-6-4-3-5-7-15/h3-7,13-14,16,19H,8-12H2,1-2H3. The Kier molecular flexibility index (Phi) is 4.66. The first kappa shape index (κ1) is 16.0. The second kappa shape index (κ2) is 6.71. The first-order chi connectivity index (χ1) is 11.1. The SMILES string of the molecule is CC1NCCN(C(=O)C2CC(=O)N(Cc3ccccc3)C2)C1C. The van der Waals surface area contributed by atoms with Crippen LogP contribution in [0, 0.1) is 5.92 Å². The van der Waals surface area contributed by atoms with Gasteiger partial charge in [-0.2, -0.15) is 0 Å². The van der Waals surface area contributed by atoms with E-state index in [4.69, 9.17) is 0 Å². The average Bonchev–Trinajstić information content (AvgIpc) is 2.91. The van der Waals surface area contributed by atoms with Gasteiger partial charge in [0.05, 0.1) is 5.92 Å². The van der Waals surface area contributed by atoms with Gasteiger partial charge in [-0.25, -0.2) is 0 Å². The zero-order chi connectivity index (χ0) is 16.4. The topological polar surface area (TPSA) is 52.7 Å². The molecule has 2 fully saturated rings. The van der Waals surface area contributed by atoms with Crippen LogP contribution >= 0.6 is 0 Å². The zero-order valence-corrected chi connectivity index (χ0v) is 13.9. The molecule has 124 valence electrons. The Bertz CT molecular complexity index is 575. The van der Waals surface area contributed by atoms with Crippen molar-refractivity contribution in [2.45, 2.75) is 38.9 Å². The van der Waals surface area contributed by atoms with Crippen LogP contribution in [0.1, 0.15) is 25.8 Å². The maximum absolute atomic E-state index is 12.8. The van der Waals surface area contributed by atoms with Crippen molar-refractivity contribution in [2.75, 3.05) is 19.6 Å². The van der Waals surface area contributed by atoms with Gasteiger partial charge < -0.3 is 15.1 Å². The Balaban J connectivity index is 1.63. The van der Waals surface area contributed by atoms with Gasteiger partial charge >= 0.3 is 0 Å². The van der Waals surface area contributed by atoms with Crippen LogP contribution in [0.25, 0.3) is 0 Å². The molecule has 0 aromatic heterocycles. The third-order valence-corrected chi connectivity index (χ3v) is 5.10. The molecule has 5 nitrogen and oxygen atoms in total. The number of likely N-dealkylation sites (tertiary alicyclic amines) is 1. The Morgan fingerprint density at radius 3 is 2.74 bits per heavy atom. The molecule has 0 aliphatic carbocycles. The predicted molar refractivity (Wildman–Crippen MR) is 88.6 cm³/mol. The fraction of sp³-hybridized carbons (Fsp3) is 0.556. The largest absolute Gasteiger partial charge is 0.338 e. The minimum absolute atomic E-state index is 0.0861. The second-order valence-corrected chi connectivity index (χ2v) is 6.68. The third-order valence-electron chi connectivity index (χ3n) is 5.10. The van der Waals surface area contributed by atoms with Crippen LogP contribution in [0.2, 0.25) is 0 Å². The van der Waals surface area contributed by atoms with Gasteiger partial charge in [0.15, 0.2) is 0 Å². The molecule has 2 aliphatic rings. The van der Waals surface area contributed by atoms with E-state index in [1.54, 1.807) is 0 Å². The molecule has 23 heavy (non-hydrogen) atoms. The van der Waals surface area contributed by atoms with Crippen molar-refractivity contribution in [1.29, 1.82) is 0 Å². The van der Waals surface area contributed by atoms with Crippen molar-refractivity contribution in [3.63, 3.8) is 0 Å². The number of hydrogen-bond donors (Lipinski definition) is 1. The Labute approximate surface area is 137 Å². The molecule has 1 N–H and O–H groups in total. The molecule has 1 aromatic carbocycles. The van der Waals surface area contributed by atoms with Crippen LogP contribution in [0.4, 0.5) is 0 Å². The van der Waals surface area contributed by atoms with Crippen LogP contribution in [0.3, 0.4) is 0 Å². The summed E-state index contributed by atoms with van der Waals surface area (Å²) in [5.41, 5.74) is 1.11. The van der Waals surface area contributed by atoms with E-state index in [0.29, 0.717) is 25.6 Å². The molecule has 3 rings (SSSR count). The molecule has 2 aliphatic heterocycles. The number of nitrogens with zero attached hydrogens (tertiary/aromatic N) is 2. The lowest BCUT2D eigenvalue weighted by molar-refractivity contribution is -0.139. The summed E-state index contributed by atoms with van der Waals surface area (Å²) in [5.74, 6) is 0.0248. The molecule has 3 atom stereocenters. The highest BCUT2D eigenvalue weighted by atomic mass is 16.2. The lowest BCUT2D eigenvalue weighted by Crippen LogP contribution is -2.58. The number of rotatable bonds is 3. The maximum atomic E-state index is 12.8. The first-order valence-electron chi connectivity index (χ1n) is 8.42. The molecule has 2 heterocycles. The summed E-state index contributed by atoms with van der Waals surface area (Å²) in [6, 6.07) is 10.4. The van der Waals surface area contributed by atoms with Crippen LogP contribution < -0.4 is 5.32 Å². The molecule has 3 unspecified atom stereocenters. The van der Waals surface area contributed by atoms with Crippen molar-refractivity contribution >= 4 is 11.8 Å². The zero-order valence-electron chi connectivity index (χ0n) is 13.9. The molecule has 1 aromatic rings. The number of amides is 2. The van der Waals surface area contributed by atoms with Gasteiger partial charge in [-0.15, -0.1) is 0 Å². The lowest BCUT2D eigenvalue weighted by atomic mass is 10.0. The third kappa shape index (κ3) is 3.39. The molecular weight excluding hydrogens is 290 g/mol. The number of hydrogen-bond acceptors (Lipinski definition) is 3. The summed E-state index contributed by atoms with van der Waals surface area (Å²) in [7, 11) is 0. The first-order valence-corrected chi connectivity index (χ1v) is 8.42. The number of nitrogens with one attached hydrogen (secondary N) is 1. The fourth-order valence-electron chi connectivity index (χ4n) is 3.50. The molecule has 0 radical (unpaired) electrons. The van der Waals surface area contributed by atoms with E-state index in [1.807, 2.05) is 40.1 Å². The number of piperazine rings is 1. The van der Waals surface area contributed by atoms with Crippen molar-refractivity contribution < 1.29 is 9.59 Å². The molecular formula is C18H25N3O2. The van der Waals surface area contributed by atoms with E-state index in [9.17, 15) is 9.59 Å². The number of benzene rings is 1. The Morgan fingerprint density at radius 2 is 2.00 bits per heavy atom. The summed E-state index contributed by atoms with van der Waals surface area (Å²) < 4.78 is 0. The average molecular weight is 315 g/mol. The highest BCUT2D eigenvalue weighted by Crippen LogP contribution is 2.24. The monoisotopic (exact) mass is 315 g/mol. The summed E-state index contributed by atoms with van der Waals surface area (Å²) >= 11 is 0. The van der Waals surface area contributed by atoms with Gasteiger partial charge in [-0.3, -0.25) is 9.59 Å². The summed E-state index contributed by atoms with van der Waals surface area (Å²) in [6.07, 6.45) is 0.344. The highest BCUT2D eigenvalue weighted by Gasteiger charge is 2.39. The van der Waals surface area contributed by atoms with Gasteiger partial charge in [0.2, 0.25) is 11.8 Å². The van der Waals surface area contributed by atoms with E-state index >= 15 is 0 Å². The predicted octanol–water partition coefficient (Wildman–Crippen LogP) is 1.24. The van der Waals surface area contributed by atoms with Crippen molar-refractivity contribution in [2.24, 2.45) is 5.92 Å². The fourth-order valence-corrected chi connectivity index (χ4v) is 3.50. The van der Waals surface area contributed by atoms with Gasteiger partial charge in [0.25, 0.3) is 0 Å². The van der Waals surface area contributed by atoms with Crippen LogP contribution in [-0.4, -0.2) is 53.3 Å². The highest BCUT2D eigenvalue weighted by molar-refractivity contribution is 5.89. The second-order valence-electron chi connectivity index (χ2n) is 6.68.